The number of Topliss-reactive ketones (excluding diaryl/α,β-unsaturated/α-hetero) is 1. The Morgan fingerprint density at radius 1 is 1.11 bits per heavy atom. The van der Waals surface area contributed by atoms with Crippen molar-refractivity contribution in [2.75, 3.05) is 34.3 Å². The lowest BCUT2D eigenvalue weighted by molar-refractivity contribution is -0.124. The van der Waals surface area contributed by atoms with Crippen molar-refractivity contribution < 1.29 is 23.5 Å². The maximum Gasteiger partial charge on any atom is 0.296 e. The van der Waals surface area contributed by atoms with E-state index in [1.165, 1.54) is 50.0 Å². The number of likely N-dealkylation sites (tertiary alicyclic amines) is 1. The first-order chi connectivity index (χ1) is 16.7. The van der Waals surface area contributed by atoms with Crippen molar-refractivity contribution in [3.8, 4) is 5.88 Å². The van der Waals surface area contributed by atoms with Crippen molar-refractivity contribution in [1.29, 1.82) is 0 Å². The smallest absolute Gasteiger partial charge is 0.296 e. The summed E-state index contributed by atoms with van der Waals surface area (Å²) in [7, 11) is 5.84. The number of aryl methyl sites for hydroxylation is 1. The van der Waals surface area contributed by atoms with Crippen molar-refractivity contribution in [3.05, 3.63) is 47.0 Å². The molecule has 0 radical (unpaired) electrons. The average molecular weight is 483 g/mol. The van der Waals surface area contributed by atoms with Crippen LogP contribution in [0.2, 0.25) is 0 Å². The summed E-state index contributed by atoms with van der Waals surface area (Å²) in [5, 5.41) is 4.18. The molecule has 1 aliphatic rings. The molecule has 4 rings (SSSR count). The normalized spacial score (nSPS) is 14.3. The van der Waals surface area contributed by atoms with Crippen LogP contribution in [0.3, 0.4) is 0 Å². The molecule has 0 aliphatic carbocycles. The summed E-state index contributed by atoms with van der Waals surface area (Å²) in [5.41, 5.74) is 1.17. The fourth-order valence-electron chi connectivity index (χ4n) is 4.27. The SMILES string of the molecule is COc1nc2nn(C)c(C(=O)C(=O)N(C)C)c2nc1C(=O)N1CCC(Cc2ccc(F)cc2)CC1. The summed E-state index contributed by atoms with van der Waals surface area (Å²) in [4.78, 5) is 49.9. The van der Waals surface area contributed by atoms with Crippen LogP contribution in [0.25, 0.3) is 11.2 Å². The number of hydrogen-bond donors (Lipinski definition) is 0. The number of methoxy groups -OCH3 is 1. The molecule has 0 spiro atoms. The van der Waals surface area contributed by atoms with E-state index < -0.39 is 11.7 Å². The molecule has 1 fully saturated rings. The molecule has 3 aromatic rings. The minimum absolute atomic E-state index is 0.00645. The summed E-state index contributed by atoms with van der Waals surface area (Å²) >= 11 is 0. The second-order valence-corrected chi connectivity index (χ2v) is 8.82. The van der Waals surface area contributed by atoms with Crippen LogP contribution in [-0.4, -0.2) is 81.4 Å². The first-order valence-electron chi connectivity index (χ1n) is 11.3. The van der Waals surface area contributed by atoms with E-state index in [2.05, 4.69) is 15.1 Å². The third-order valence-corrected chi connectivity index (χ3v) is 6.19. The summed E-state index contributed by atoms with van der Waals surface area (Å²) in [6.45, 7) is 1.04. The molecular weight excluding hydrogens is 455 g/mol. The Bertz CT molecular complexity index is 1280. The fraction of sp³-hybridized carbons (Fsp3) is 0.417. The van der Waals surface area contributed by atoms with Crippen LogP contribution >= 0.6 is 0 Å². The Morgan fingerprint density at radius 2 is 1.77 bits per heavy atom. The predicted molar refractivity (Wildman–Crippen MR) is 125 cm³/mol. The quantitative estimate of drug-likeness (QED) is 0.390. The number of fused-ring (bicyclic) bond motifs is 1. The highest BCUT2D eigenvalue weighted by Crippen LogP contribution is 2.26. The molecule has 35 heavy (non-hydrogen) atoms. The molecule has 10 nitrogen and oxygen atoms in total. The number of hydrogen-bond acceptors (Lipinski definition) is 7. The third kappa shape index (κ3) is 4.84. The summed E-state index contributed by atoms with van der Waals surface area (Å²) in [6, 6.07) is 6.49. The zero-order chi connectivity index (χ0) is 25.3. The number of carbonyl (C=O) groups is 3. The van der Waals surface area contributed by atoms with Crippen molar-refractivity contribution in [2.24, 2.45) is 13.0 Å². The number of ketones is 1. The van der Waals surface area contributed by atoms with Gasteiger partial charge in [0.1, 0.15) is 17.0 Å². The molecular formula is C24H27FN6O4. The number of halogens is 1. The maximum absolute atomic E-state index is 13.4. The Kier molecular flexibility index (Phi) is 6.77. The van der Waals surface area contributed by atoms with E-state index in [0.29, 0.717) is 19.0 Å². The minimum atomic E-state index is -0.792. The van der Waals surface area contributed by atoms with Gasteiger partial charge < -0.3 is 14.5 Å². The van der Waals surface area contributed by atoms with Gasteiger partial charge in [-0.2, -0.15) is 10.1 Å². The molecule has 1 aliphatic heterocycles. The van der Waals surface area contributed by atoms with Crippen LogP contribution in [0.5, 0.6) is 5.88 Å². The lowest BCUT2D eigenvalue weighted by atomic mass is 9.90. The lowest BCUT2D eigenvalue weighted by Crippen LogP contribution is -2.39. The topological polar surface area (TPSA) is 111 Å². The van der Waals surface area contributed by atoms with E-state index in [0.717, 1.165) is 24.8 Å². The zero-order valence-electron chi connectivity index (χ0n) is 20.1. The molecule has 0 saturated carbocycles. The number of benzene rings is 1. The number of aromatic nitrogens is 4. The summed E-state index contributed by atoms with van der Waals surface area (Å²) in [6.07, 6.45) is 2.39. The molecule has 3 heterocycles. The highest BCUT2D eigenvalue weighted by atomic mass is 19.1. The van der Waals surface area contributed by atoms with Crippen LogP contribution in [0.4, 0.5) is 4.39 Å². The Labute approximate surface area is 201 Å². The zero-order valence-corrected chi connectivity index (χ0v) is 20.1. The second-order valence-electron chi connectivity index (χ2n) is 8.82. The first-order valence-corrected chi connectivity index (χ1v) is 11.3. The number of piperidine rings is 1. The van der Waals surface area contributed by atoms with Gasteiger partial charge in [0.05, 0.1) is 7.11 Å². The molecule has 0 atom stereocenters. The van der Waals surface area contributed by atoms with Gasteiger partial charge in [-0.25, -0.2) is 9.37 Å². The molecule has 1 aromatic carbocycles. The standard InChI is InChI=1S/C24H27FN6O4/c1-29(2)24(34)20(32)19-17-21(28-30(19)3)27-22(35-4)18(26-17)23(33)31-11-9-15(10-12-31)13-14-5-7-16(25)8-6-14/h5-8,15H,9-13H2,1-4H3. The molecule has 0 N–H and O–H groups in total. The van der Waals surface area contributed by atoms with Gasteiger partial charge in [0.25, 0.3) is 17.6 Å². The summed E-state index contributed by atoms with van der Waals surface area (Å²) in [5.74, 6) is -1.77. The van der Waals surface area contributed by atoms with Crippen LogP contribution in [0.15, 0.2) is 24.3 Å². The van der Waals surface area contributed by atoms with Crippen LogP contribution in [0.1, 0.15) is 39.4 Å². The van der Waals surface area contributed by atoms with Gasteiger partial charge in [-0.15, -0.1) is 0 Å². The molecule has 1 saturated heterocycles. The van der Waals surface area contributed by atoms with Gasteiger partial charge in [-0.05, 0) is 42.9 Å². The van der Waals surface area contributed by atoms with E-state index in [4.69, 9.17) is 4.74 Å². The Morgan fingerprint density at radius 3 is 2.37 bits per heavy atom. The van der Waals surface area contributed by atoms with E-state index in [-0.39, 0.29) is 40.2 Å². The summed E-state index contributed by atoms with van der Waals surface area (Å²) < 4.78 is 19.7. The highest BCUT2D eigenvalue weighted by Gasteiger charge is 2.31. The van der Waals surface area contributed by atoms with Gasteiger partial charge in [-0.3, -0.25) is 19.1 Å². The number of ether oxygens (including phenoxy) is 1. The van der Waals surface area contributed by atoms with Gasteiger partial charge >= 0.3 is 0 Å². The van der Waals surface area contributed by atoms with Gasteiger partial charge in [0.2, 0.25) is 11.5 Å². The number of nitrogens with zero attached hydrogens (tertiary/aromatic N) is 6. The van der Waals surface area contributed by atoms with Gasteiger partial charge in [0, 0.05) is 34.2 Å². The lowest BCUT2D eigenvalue weighted by Gasteiger charge is -2.32. The number of likely N-dealkylation sites (N-methyl/N-ethyl adjacent to an activating group) is 1. The van der Waals surface area contributed by atoms with E-state index in [1.807, 2.05) is 0 Å². The monoisotopic (exact) mass is 482 g/mol. The molecule has 0 bridgehead atoms. The van der Waals surface area contributed by atoms with E-state index >= 15 is 0 Å². The maximum atomic E-state index is 13.4. The highest BCUT2D eigenvalue weighted by molar-refractivity contribution is 6.44. The molecule has 2 amide bonds. The van der Waals surface area contributed by atoms with Crippen molar-refractivity contribution in [1.82, 2.24) is 29.5 Å². The van der Waals surface area contributed by atoms with Gasteiger partial charge in [0.15, 0.2) is 5.69 Å². The molecule has 11 heteroatoms. The van der Waals surface area contributed by atoms with Crippen molar-refractivity contribution >= 4 is 28.8 Å². The van der Waals surface area contributed by atoms with E-state index in [1.54, 1.807) is 17.0 Å². The second kappa shape index (κ2) is 9.77. The molecule has 0 unspecified atom stereocenters. The largest absolute Gasteiger partial charge is 0.479 e. The van der Waals surface area contributed by atoms with Crippen LogP contribution < -0.4 is 4.74 Å². The Balaban J connectivity index is 1.56. The molecule has 184 valence electrons. The minimum Gasteiger partial charge on any atom is -0.479 e. The van der Waals surface area contributed by atoms with Crippen molar-refractivity contribution in [2.45, 2.75) is 19.3 Å². The number of carbonyl (C=O) groups excluding carboxylic acids is 3. The van der Waals surface area contributed by atoms with Crippen molar-refractivity contribution in [3.63, 3.8) is 0 Å². The molecule has 2 aromatic heterocycles. The fourth-order valence-corrected chi connectivity index (χ4v) is 4.27. The predicted octanol–water partition coefficient (Wildman–Crippen LogP) is 1.88. The first kappa shape index (κ1) is 24.2. The van der Waals surface area contributed by atoms with Crippen LogP contribution in [0, 0.1) is 11.7 Å². The van der Waals surface area contributed by atoms with E-state index in [9.17, 15) is 18.8 Å². The number of amides is 2. The average Bonchev–Trinajstić information content (AvgIpc) is 3.18. The van der Waals surface area contributed by atoms with Crippen LogP contribution in [-0.2, 0) is 18.3 Å². The Hall–Kier alpha value is -3.89. The number of rotatable bonds is 6. The van der Waals surface area contributed by atoms with Gasteiger partial charge in [-0.1, -0.05) is 12.1 Å². The third-order valence-electron chi connectivity index (χ3n) is 6.19.